The van der Waals surface area contributed by atoms with E-state index in [9.17, 15) is 9.59 Å². The van der Waals surface area contributed by atoms with Gasteiger partial charge in [-0.05, 0) is 18.6 Å². The molecule has 0 bridgehead atoms. The van der Waals surface area contributed by atoms with Crippen LogP contribution in [0.3, 0.4) is 0 Å². The predicted octanol–water partition coefficient (Wildman–Crippen LogP) is 1.49. The zero-order valence-electron chi connectivity index (χ0n) is 9.83. The van der Waals surface area contributed by atoms with Gasteiger partial charge in [-0.3, -0.25) is 4.79 Å². The van der Waals surface area contributed by atoms with Crippen LogP contribution in [0.25, 0.3) is 5.69 Å². The summed E-state index contributed by atoms with van der Waals surface area (Å²) < 4.78 is 1.49. The highest BCUT2D eigenvalue weighted by Gasteiger charge is 2.17. The molecule has 1 aromatic heterocycles. The van der Waals surface area contributed by atoms with Gasteiger partial charge in [0.15, 0.2) is 0 Å². The Balaban J connectivity index is 2.74. The van der Waals surface area contributed by atoms with Gasteiger partial charge in [0.2, 0.25) is 5.43 Å². The van der Waals surface area contributed by atoms with Crippen molar-refractivity contribution in [1.82, 2.24) is 9.78 Å². The molecule has 0 aliphatic rings. The average molecular weight is 244 g/mol. The largest absolute Gasteiger partial charge is 0.477 e. The summed E-state index contributed by atoms with van der Waals surface area (Å²) in [4.78, 5) is 22.7. The lowest BCUT2D eigenvalue weighted by atomic mass is 10.1. The minimum absolute atomic E-state index is 0.212. The standard InChI is InChI=1S/C13H12N2O3/c1-2-10-12(13(17)18)11(16)8-14-15(10)9-6-4-3-5-7-9/h3-8H,2H2,1H3,(H,17,18). The molecule has 0 aliphatic carbocycles. The van der Waals surface area contributed by atoms with Crippen molar-refractivity contribution in [2.24, 2.45) is 0 Å². The van der Waals surface area contributed by atoms with Gasteiger partial charge in [0.1, 0.15) is 5.56 Å². The van der Waals surface area contributed by atoms with Crippen LogP contribution in [0.1, 0.15) is 23.0 Å². The van der Waals surface area contributed by atoms with E-state index in [2.05, 4.69) is 5.10 Å². The first-order valence-electron chi connectivity index (χ1n) is 5.55. The number of carboxylic acids is 1. The van der Waals surface area contributed by atoms with Crippen LogP contribution >= 0.6 is 0 Å². The van der Waals surface area contributed by atoms with Crippen LogP contribution in [-0.4, -0.2) is 20.9 Å². The van der Waals surface area contributed by atoms with Crippen LogP contribution < -0.4 is 5.43 Å². The third-order valence-corrected chi connectivity index (χ3v) is 2.63. The molecule has 5 nitrogen and oxygen atoms in total. The third-order valence-electron chi connectivity index (χ3n) is 2.63. The first-order valence-corrected chi connectivity index (χ1v) is 5.55. The van der Waals surface area contributed by atoms with E-state index in [-0.39, 0.29) is 5.56 Å². The van der Waals surface area contributed by atoms with Crippen LogP contribution in [0.4, 0.5) is 0 Å². The average Bonchev–Trinajstić information content (AvgIpc) is 2.38. The van der Waals surface area contributed by atoms with Crippen molar-refractivity contribution in [2.75, 3.05) is 0 Å². The third kappa shape index (κ3) is 2.02. The maximum Gasteiger partial charge on any atom is 0.341 e. The lowest BCUT2D eigenvalue weighted by molar-refractivity contribution is 0.0693. The summed E-state index contributed by atoms with van der Waals surface area (Å²) in [5.74, 6) is -1.22. The van der Waals surface area contributed by atoms with Crippen LogP contribution in [-0.2, 0) is 6.42 Å². The Kier molecular flexibility index (Phi) is 3.23. The normalized spacial score (nSPS) is 10.3. The molecule has 2 rings (SSSR count). The molecule has 1 N–H and O–H groups in total. The maximum absolute atomic E-state index is 11.6. The number of para-hydroxylation sites is 1. The molecule has 18 heavy (non-hydrogen) atoms. The Labute approximate surface area is 103 Å². The van der Waals surface area contributed by atoms with Crippen LogP contribution in [0.2, 0.25) is 0 Å². The molecule has 0 radical (unpaired) electrons. The van der Waals surface area contributed by atoms with Crippen molar-refractivity contribution >= 4 is 5.97 Å². The number of hydrogen-bond acceptors (Lipinski definition) is 3. The molecule has 0 unspecified atom stereocenters. The molecule has 0 amide bonds. The lowest BCUT2D eigenvalue weighted by Crippen LogP contribution is -2.23. The van der Waals surface area contributed by atoms with E-state index in [4.69, 9.17) is 5.11 Å². The summed E-state index contributed by atoms with van der Waals surface area (Å²) in [5.41, 5.74) is 0.362. The number of benzene rings is 1. The Morgan fingerprint density at radius 3 is 2.56 bits per heavy atom. The highest BCUT2D eigenvalue weighted by molar-refractivity contribution is 5.88. The van der Waals surface area contributed by atoms with E-state index in [0.717, 1.165) is 11.9 Å². The lowest BCUT2D eigenvalue weighted by Gasteiger charge is -2.12. The van der Waals surface area contributed by atoms with Crippen molar-refractivity contribution in [3.8, 4) is 5.69 Å². The second-order valence-electron chi connectivity index (χ2n) is 3.74. The van der Waals surface area contributed by atoms with Gasteiger partial charge in [0.25, 0.3) is 0 Å². The van der Waals surface area contributed by atoms with E-state index < -0.39 is 11.4 Å². The Morgan fingerprint density at radius 1 is 1.33 bits per heavy atom. The second-order valence-corrected chi connectivity index (χ2v) is 3.74. The Hall–Kier alpha value is -2.43. The summed E-state index contributed by atoms with van der Waals surface area (Å²) in [6.45, 7) is 1.79. The molecule has 0 saturated heterocycles. The minimum atomic E-state index is -1.22. The number of carbonyl (C=O) groups is 1. The Morgan fingerprint density at radius 2 is 2.00 bits per heavy atom. The first kappa shape index (κ1) is 12.0. The summed E-state index contributed by atoms with van der Waals surface area (Å²) in [7, 11) is 0. The van der Waals surface area contributed by atoms with Crippen LogP contribution in [0.5, 0.6) is 0 Å². The molecule has 1 heterocycles. The molecular formula is C13H12N2O3. The summed E-state index contributed by atoms with van der Waals surface area (Å²) >= 11 is 0. The van der Waals surface area contributed by atoms with Gasteiger partial charge in [0, 0.05) is 0 Å². The van der Waals surface area contributed by atoms with Gasteiger partial charge in [0.05, 0.1) is 17.6 Å². The number of aromatic carboxylic acids is 1. The van der Waals surface area contributed by atoms with Crippen molar-refractivity contribution in [3.05, 3.63) is 58.0 Å². The number of rotatable bonds is 3. The second kappa shape index (κ2) is 4.83. The molecule has 0 fully saturated rings. The molecule has 2 aromatic rings. The van der Waals surface area contributed by atoms with Crippen molar-refractivity contribution in [1.29, 1.82) is 0 Å². The first-order chi connectivity index (χ1) is 8.65. The topological polar surface area (TPSA) is 72.2 Å². The van der Waals surface area contributed by atoms with Crippen molar-refractivity contribution < 1.29 is 9.90 Å². The van der Waals surface area contributed by atoms with Gasteiger partial charge in [-0.15, -0.1) is 0 Å². The monoisotopic (exact) mass is 244 g/mol. The van der Waals surface area contributed by atoms with Crippen LogP contribution in [0, 0.1) is 0 Å². The zero-order valence-corrected chi connectivity index (χ0v) is 9.83. The number of hydrogen-bond donors (Lipinski definition) is 1. The van der Waals surface area contributed by atoms with Gasteiger partial charge < -0.3 is 5.11 Å². The van der Waals surface area contributed by atoms with Gasteiger partial charge in [-0.25, -0.2) is 9.48 Å². The number of carboxylic acid groups (broad SMARTS) is 1. The highest BCUT2D eigenvalue weighted by atomic mass is 16.4. The number of aromatic nitrogens is 2. The molecule has 0 spiro atoms. The van der Waals surface area contributed by atoms with E-state index in [1.165, 1.54) is 4.68 Å². The molecule has 1 aromatic carbocycles. The molecule has 0 aliphatic heterocycles. The summed E-state index contributed by atoms with van der Waals surface area (Å²) in [5, 5.41) is 13.1. The maximum atomic E-state index is 11.6. The van der Waals surface area contributed by atoms with Crippen LogP contribution in [0.15, 0.2) is 41.3 Å². The van der Waals surface area contributed by atoms with Gasteiger partial charge >= 0.3 is 5.97 Å². The predicted molar refractivity (Wildman–Crippen MR) is 66.2 cm³/mol. The van der Waals surface area contributed by atoms with Gasteiger partial charge in [-0.1, -0.05) is 25.1 Å². The quantitative estimate of drug-likeness (QED) is 0.887. The minimum Gasteiger partial charge on any atom is -0.477 e. The summed E-state index contributed by atoms with van der Waals surface area (Å²) in [6.07, 6.45) is 1.45. The van der Waals surface area contributed by atoms with E-state index in [1.54, 1.807) is 6.92 Å². The fourth-order valence-corrected chi connectivity index (χ4v) is 1.84. The van der Waals surface area contributed by atoms with Gasteiger partial charge in [-0.2, -0.15) is 5.10 Å². The van der Waals surface area contributed by atoms with Crippen molar-refractivity contribution in [3.63, 3.8) is 0 Å². The fraction of sp³-hybridized carbons (Fsp3) is 0.154. The fourth-order valence-electron chi connectivity index (χ4n) is 1.84. The Bertz CT molecular complexity index is 632. The van der Waals surface area contributed by atoms with E-state index in [1.807, 2.05) is 30.3 Å². The SMILES string of the molecule is CCc1c(C(=O)O)c(=O)cnn1-c1ccccc1. The zero-order chi connectivity index (χ0) is 13.1. The highest BCUT2D eigenvalue weighted by Crippen LogP contribution is 2.11. The number of nitrogens with zero attached hydrogens (tertiary/aromatic N) is 2. The molecular weight excluding hydrogens is 232 g/mol. The van der Waals surface area contributed by atoms with Crippen molar-refractivity contribution in [2.45, 2.75) is 13.3 Å². The van der Waals surface area contributed by atoms with E-state index >= 15 is 0 Å². The molecule has 0 atom stereocenters. The molecule has 92 valence electrons. The smallest absolute Gasteiger partial charge is 0.341 e. The molecule has 5 heteroatoms. The van der Waals surface area contributed by atoms with E-state index in [0.29, 0.717) is 12.1 Å². The molecule has 0 saturated carbocycles. The summed E-state index contributed by atoms with van der Waals surface area (Å²) in [6, 6.07) is 9.13.